The third kappa shape index (κ3) is 3.33. The van der Waals surface area contributed by atoms with Crippen molar-refractivity contribution in [3.05, 3.63) is 45.9 Å². The molecule has 0 saturated heterocycles. The second-order valence-electron chi connectivity index (χ2n) is 4.70. The van der Waals surface area contributed by atoms with Gasteiger partial charge in [-0.05, 0) is 19.4 Å². The molecule has 0 unspecified atom stereocenters. The Hall–Kier alpha value is -1.39. The molecule has 0 radical (unpaired) electrons. The maximum Gasteiger partial charge on any atom is 0.0898 e. The SMILES string of the molecule is CC[C@@H](O)c1ccccc1N(C)Cc1csc(C)n1. The zero-order valence-corrected chi connectivity index (χ0v) is 12.4. The van der Waals surface area contributed by atoms with E-state index in [1.54, 1.807) is 11.3 Å². The van der Waals surface area contributed by atoms with Gasteiger partial charge in [0.25, 0.3) is 0 Å². The zero-order chi connectivity index (χ0) is 13.8. The lowest BCUT2D eigenvalue weighted by atomic mass is 10.0. The van der Waals surface area contributed by atoms with Crippen molar-refractivity contribution in [3.63, 3.8) is 0 Å². The number of thiazole rings is 1. The Kier molecular flexibility index (Phi) is 4.56. The van der Waals surface area contributed by atoms with Gasteiger partial charge >= 0.3 is 0 Å². The van der Waals surface area contributed by atoms with Gasteiger partial charge in [0.2, 0.25) is 0 Å². The number of hydrogen-bond acceptors (Lipinski definition) is 4. The molecular weight excluding hydrogens is 256 g/mol. The van der Waals surface area contributed by atoms with Gasteiger partial charge in [0.1, 0.15) is 0 Å². The van der Waals surface area contributed by atoms with E-state index < -0.39 is 6.10 Å². The lowest BCUT2D eigenvalue weighted by molar-refractivity contribution is 0.174. The maximum absolute atomic E-state index is 10.1. The van der Waals surface area contributed by atoms with Crippen LogP contribution < -0.4 is 4.90 Å². The number of anilines is 1. The Balaban J connectivity index is 2.21. The van der Waals surface area contributed by atoms with Crippen LogP contribution in [0.5, 0.6) is 0 Å². The highest BCUT2D eigenvalue weighted by Crippen LogP contribution is 2.28. The minimum absolute atomic E-state index is 0.407. The van der Waals surface area contributed by atoms with Crippen molar-refractivity contribution in [3.8, 4) is 0 Å². The average Bonchev–Trinajstić information content (AvgIpc) is 2.83. The summed E-state index contributed by atoms with van der Waals surface area (Å²) < 4.78 is 0. The Morgan fingerprint density at radius 3 is 2.74 bits per heavy atom. The molecule has 0 aliphatic heterocycles. The average molecular weight is 276 g/mol. The fourth-order valence-corrected chi connectivity index (χ4v) is 2.75. The molecular formula is C15H20N2OS. The normalized spacial score (nSPS) is 12.4. The minimum Gasteiger partial charge on any atom is -0.388 e. The van der Waals surface area contributed by atoms with Gasteiger partial charge in [-0.15, -0.1) is 11.3 Å². The summed E-state index contributed by atoms with van der Waals surface area (Å²) in [5.41, 5.74) is 3.13. The standard InChI is InChI=1S/C15H20N2OS/c1-4-15(18)13-7-5-6-8-14(13)17(3)9-12-10-19-11(2)16-12/h5-8,10,15,18H,4,9H2,1-3H3/t15-/m1/s1. The molecule has 1 heterocycles. The lowest BCUT2D eigenvalue weighted by Gasteiger charge is -2.23. The van der Waals surface area contributed by atoms with E-state index in [9.17, 15) is 5.11 Å². The summed E-state index contributed by atoms with van der Waals surface area (Å²) in [5.74, 6) is 0. The van der Waals surface area contributed by atoms with Gasteiger partial charge in [-0.1, -0.05) is 25.1 Å². The smallest absolute Gasteiger partial charge is 0.0898 e. The van der Waals surface area contributed by atoms with E-state index in [4.69, 9.17) is 0 Å². The number of nitrogens with zero attached hydrogens (tertiary/aromatic N) is 2. The van der Waals surface area contributed by atoms with Gasteiger partial charge in [0.05, 0.1) is 23.4 Å². The molecule has 1 aromatic carbocycles. The summed E-state index contributed by atoms with van der Waals surface area (Å²) in [6.07, 6.45) is 0.316. The number of rotatable bonds is 5. The number of aryl methyl sites for hydroxylation is 1. The van der Waals surface area contributed by atoms with Crippen LogP contribution in [0.3, 0.4) is 0 Å². The summed E-state index contributed by atoms with van der Waals surface area (Å²) in [7, 11) is 2.04. The molecule has 0 spiro atoms. The predicted molar refractivity (Wildman–Crippen MR) is 80.7 cm³/mol. The second-order valence-corrected chi connectivity index (χ2v) is 5.76. The number of para-hydroxylation sites is 1. The third-order valence-corrected chi connectivity index (χ3v) is 3.98. The number of hydrogen-bond donors (Lipinski definition) is 1. The van der Waals surface area contributed by atoms with E-state index >= 15 is 0 Å². The molecule has 0 amide bonds. The molecule has 0 saturated carbocycles. The zero-order valence-electron chi connectivity index (χ0n) is 11.6. The first-order valence-electron chi connectivity index (χ1n) is 6.51. The van der Waals surface area contributed by atoms with E-state index in [1.807, 2.05) is 45.2 Å². The van der Waals surface area contributed by atoms with E-state index in [0.717, 1.165) is 34.9 Å². The van der Waals surface area contributed by atoms with Gasteiger partial charge < -0.3 is 10.0 Å². The van der Waals surface area contributed by atoms with Crippen molar-refractivity contribution < 1.29 is 5.11 Å². The van der Waals surface area contributed by atoms with Gasteiger partial charge in [0.15, 0.2) is 0 Å². The lowest BCUT2D eigenvalue weighted by Crippen LogP contribution is -2.19. The van der Waals surface area contributed by atoms with Crippen molar-refractivity contribution >= 4 is 17.0 Å². The Labute approximate surface area is 118 Å². The summed E-state index contributed by atoms with van der Waals surface area (Å²) in [6, 6.07) is 8.02. The summed E-state index contributed by atoms with van der Waals surface area (Å²) >= 11 is 1.67. The first-order valence-corrected chi connectivity index (χ1v) is 7.39. The molecule has 1 atom stereocenters. The van der Waals surface area contributed by atoms with Crippen molar-refractivity contribution in [1.82, 2.24) is 4.98 Å². The molecule has 1 N–H and O–H groups in total. The van der Waals surface area contributed by atoms with Gasteiger partial charge in [-0.2, -0.15) is 0 Å². The highest BCUT2D eigenvalue weighted by Gasteiger charge is 2.13. The van der Waals surface area contributed by atoms with E-state index in [2.05, 4.69) is 15.3 Å². The molecule has 0 aliphatic rings. The maximum atomic E-state index is 10.1. The molecule has 0 fully saturated rings. The Bertz CT molecular complexity index is 538. The molecule has 102 valence electrons. The van der Waals surface area contributed by atoms with Crippen molar-refractivity contribution in [2.24, 2.45) is 0 Å². The largest absolute Gasteiger partial charge is 0.388 e. The van der Waals surface area contributed by atoms with Crippen LogP contribution in [0.2, 0.25) is 0 Å². The van der Waals surface area contributed by atoms with Gasteiger partial charge in [-0.25, -0.2) is 4.98 Å². The summed E-state index contributed by atoms with van der Waals surface area (Å²) in [4.78, 5) is 6.63. The number of aliphatic hydroxyl groups is 1. The number of aromatic nitrogens is 1. The Morgan fingerprint density at radius 1 is 1.37 bits per heavy atom. The van der Waals surface area contributed by atoms with Crippen LogP contribution in [-0.4, -0.2) is 17.1 Å². The number of aliphatic hydroxyl groups excluding tert-OH is 1. The predicted octanol–water partition coefficient (Wildman–Crippen LogP) is 3.53. The van der Waals surface area contributed by atoms with Crippen LogP contribution in [0, 0.1) is 6.92 Å². The highest BCUT2D eigenvalue weighted by molar-refractivity contribution is 7.09. The van der Waals surface area contributed by atoms with Crippen molar-refractivity contribution in [2.75, 3.05) is 11.9 Å². The van der Waals surface area contributed by atoms with E-state index in [1.165, 1.54) is 0 Å². The molecule has 19 heavy (non-hydrogen) atoms. The first kappa shape index (κ1) is 14.0. The Morgan fingerprint density at radius 2 is 2.11 bits per heavy atom. The molecule has 0 bridgehead atoms. The van der Waals surface area contributed by atoms with Crippen LogP contribution in [0.1, 0.15) is 35.7 Å². The molecule has 2 aromatic rings. The van der Waals surface area contributed by atoms with Gasteiger partial charge in [0, 0.05) is 23.7 Å². The highest BCUT2D eigenvalue weighted by atomic mass is 32.1. The molecule has 4 heteroatoms. The van der Waals surface area contributed by atoms with Crippen molar-refractivity contribution in [2.45, 2.75) is 32.9 Å². The van der Waals surface area contributed by atoms with Crippen molar-refractivity contribution in [1.29, 1.82) is 0 Å². The number of benzene rings is 1. The monoisotopic (exact) mass is 276 g/mol. The van der Waals surface area contributed by atoms with Crippen LogP contribution in [0.15, 0.2) is 29.6 Å². The van der Waals surface area contributed by atoms with E-state index in [-0.39, 0.29) is 0 Å². The molecule has 3 nitrogen and oxygen atoms in total. The molecule has 0 aliphatic carbocycles. The van der Waals surface area contributed by atoms with Crippen LogP contribution in [0.4, 0.5) is 5.69 Å². The van der Waals surface area contributed by atoms with Crippen LogP contribution in [0.25, 0.3) is 0 Å². The minimum atomic E-state index is -0.407. The van der Waals surface area contributed by atoms with Gasteiger partial charge in [-0.3, -0.25) is 0 Å². The topological polar surface area (TPSA) is 36.4 Å². The molecule has 2 rings (SSSR count). The summed E-state index contributed by atoms with van der Waals surface area (Å²) in [5, 5.41) is 13.3. The summed E-state index contributed by atoms with van der Waals surface area (Å²) in [6.45, 7) is 4.77. The quantitative estimate of drug-likeness (QED) is 0.907. The fraction of sp³-hybridized carbons (Fsp3) is 0.400. The van der Waals surface area contributed by atoms with Crippen LogP contribution >= 0.6 is 11.3 Å². The fourth-order valence-electron chi connectivity index (χ4n) is 2.15. The van der Waals surface area contributed by atoms with Crippen LogP contribution in [-0.2, 0) is 6.54 Å². The first-order chi connectivity index (χ1) is 9.11. The molecule has 1 aromatic heterocycles. The second kappa shape index (κ2) is 6.17. The van der Waals surface area contributed by atoms with E-state index in [0.29, 0.717) is 0 Å². The third-order valence-electron chi connectivity index (χ3n) is 3.16.